The van der Waals surface area contributed by atoms with Crippen LogP contribution in [0, 0.1) is 26.7 Å². The van der Waals surface area contributed by atoms with Crippen LogP contribution in [0.5, 0.6) is 0 Å². The molecule has 0 aliphatic heterocycles. The lowest BCUT2D eigenvalue weighted by Crippen LogP contribution is -1.97. The van der Waals surface area contributed by atoms with Crippen LogP contribution >= 0.6 is 11.6 Å². The fourth-order valence-corrected chi connectivity index (χ4v) is 2.91. The fourth-order valence-electron chi connectivity index (χ4n) is 2.53. The van der Waals surface area contributed by atoms with Gasteiger partial charge >= 0.3 is 0 Å². The van der Waals surface area contributed by atoms with Crippen molar-refractivity contribution in [3.8, 4) is 0 Å². The second kappa shape index (κ2) is 3.27. The summed E-state index contributed by atoms with van der Waals surface area (Å²) in [6, 6.07) is 2.29. The quantitative estimate of drug-likeness (QED) is 0.564. The molecule has 0 fully saturated rings. The molecule has 1 heteroatoms. The molecule has 0 N–H and O–H groups in total. The molecule has 2 unspecified atom stereocenters. The maximum Gasteiger partial charge on any atom is 0.0619 e. The average molecular weight is 209 g/mol. The summed E-state index contributed by atoms with van der Waals surface area (Å²) < 4.78 is 0. The molecule has 1 aromatic carbocycles. The molecule has 0 saturated carbocycles. The summed E-state index contributed by atoms with van der Waals surface area (Å²) in [6.45, 7) is 8.81. The van der Waals surface area contributed by atoms with Gasteiger partial charge in [0.05, 0.1) is 5.38 Å². The van der Waals surface area contributed by atoms with Crippen LogP contribution in [0.4, 0.5) is 0 Å². The second-order valence-corrected chi connectivity index (χ2v) is 5.08. The number of rotatable bonds is 0. The molecule has 0 bridgehead atoms. The van der Waals surface area contributed by atoms with Crippen LogP contribution in [0.15, 0.2) is 6.07 Å². The molecule has 2 rings (SSSR count). The molecule has 0 saturated heterocycles. The predicted molar refractivity (Wildman–Crippen MR) is 62.1 cm³/mol. The van der Waals surface area contributed by atoms with E-state index in [0.29, 0.717) is 5.92 Å². The van der Waals surface area contributed by atoms with Crippen molar-refractivity contribution in [2.45, 2.75) is 39.5 Å². The molecule has 1 aliphatic rings. The normalized spacial score (nSPS) is 25.2. The van der Waals surface area contributed by atoms with E-state index in [2.05, 4.69) is 33.8 Å². The molecule has 0 radical (unpaired) electrons. The van der Waals surface area contributed by atoms with Crippen molar-refractivity contribution in [1.82, 2.24) is 0 Å². The summed E-state index contributed by atoms with van der Waals surface area (Å²) in [4.78, 5) is 0. The van der Waals surface area contributed by atoms with Gasteiger partial charge in [-0.2, -0.15) is 0 Å². The molecule has 0 heterocycles. The van der Waals surface area contributed by atoms with Crippen LogP contribution in [0.1, 0.15) is 40.1 Å². The van der Waals surface area contributed by atoms with Crippen molar-refractivity contribution in [2.24, 2.45) is 5.92 Å². The van der Waals surface area contributed by atoms with E-state index in [9.17, 15) is 0 Å². The van der Waals surface area contributed by atoms with E-state index in [0.717, 1.165) is 6.42 Å². The predicted octanol–water partition coefficient (Wildman–Crippen LogP) is 4.08. The first-order valence-electron chi connectivity index (χ1n) is 5.26. The number of fused-ring (bicyclic) bond motifs is 1. The summed E-state index contributed by atoms with van der Waals surface area (Å²) >= 11 is 6.44. The lowest BCUT2D eigenvalue weighted by molar-refractivity contribution is 0.607. The van der Waals surface area contributed by atoms with Crippen LogP contribution in [-0.2, 0) is 6.42 Å². The summed E-state index contributed by atoms with van der Waals surface area (Å²) in [5.41, 5.74) is 7.10. The molecule has 2 atom stereocenters. The highest BCUT2D eigenvalue weighted by molar-refractivity contribution is 6.21. The Hall–Kier alpha value is -0.490. The minimum Gasteiger partial charge on any atom is -0.117 e. The van der Waals surface area contributed by atoms with Gasteiger partial charge in [-0.3, -0.25) is 0 Å². The van der Waals surface area contributed by atoms with Gasteiger partial charge in [0.1, 0.15) is 0 Å². The van der Waals surface area contributed by atoms with Gasteiger partial charge in [-0.25, -0.2) is 0 Å². The lowest BCUT2D eigenvalue weighted by Gasteiger charge is -2.13. The van der Waals surface area contributed by atoms with Crippen LogP contribution in [0.2, 0.25) is 0 Å². The largest absolute Gasteiger partial charge is 0.117 e. The smallest absolute Gasteiger partial charge is 0.0619 e. The number of benzene rings is 1. The molecule has 0 spiro atoms. The van der Waals surface area contributed by atoms with Gasteiger partial charge in [-0.1, -0.05) is 13.0 Å². The highest BCUT2D eigenvalue weighted by atomic mass is 35.5. The van der Waals surface area contributed by atoms with E-state index >= 15 is 0 Å². The van der Waals surface area contributed by atoms with E-state index < -0.39 is 0 Å². The summed E-state index contributed by atoms with van der Waals surface area (Å²) in [7, 11) is 0. The Morgan fingerprint density at radius 2 is 1.86 bits per heavy atom. The van der Waals surface area contributed by atoms with Gasteiger partial charge in [-0.15, -0.1) is 11.6 Å². The van der Waals surface area contributed by atoms with E-state index in [4.69, 9.17) is 11.6 Å². The standard InChI is InChI=1S/C13H17Cl/c1-7-5-8(2)11-6-9(3)13(14)12(11)10(7)4/h5,9,13H,6H2,1-4H3. The topological polar surface area (TPSA) is 0 Å². The summed E-state index contributed by atoms with van der Waals surface area (Å²) in [5.74, 6) is 0.589. The Kier molecular flexibility index (Phi) is 2.35. The number of hydrogen-bond acceptors (Lipinski definition) is 0. The van der Waals surface area contributed by atoms with Gasteiger partial charge in [0.2, 0.25) is 0 Å². The average Bonchev–Trinajstić information content (AvgIpc) is 2.41. The van der Waals surface area contributed by atoms with Gasteiger partial charge in [0.25, 0.3) is 0 Å². The lowest BCUT2D eigenvalue weighted by atomic mass is 9.95. The van der Waals surface area contributed by atoms with Crippen LogP contribution in [-0.4, -0.2) is 0 Å². The Morgan fingerprint density at radius 1 is 1.21 bits per heavy atom. The third kappa shape index (κ3) is 1.28. The number of halogens is 1. The van der Waals surface area contributed by atoms with Crippen molar-refractivity contribution in [2.75, 3.05) is 0 Å². The Bertz CT molecular complexity index is 379. The van der Waals surface area contributed by atoms with Crippen molar-refractivity contribution < 1.29 is 0 Å². The Morgan fingerprint density at radius 3 is 2.50 bits per heavy atom. The first-order chi connectivity index (χ1) is 6.52. The van der Waals surface area contributed by atoms with E-state index in [-0.39, 0.29) is 5.38 Å². The van der Waals surface area contributed by atoms with Crippen molar-refractivity contribution >= 4 is 11.6 Å². The second-order valence-electron chi connectivity index (χ2n) is 4.61. The van der Waals surface area contributed by atoms with Gasteiger partial charge < -0.3 is 0 Å². The van der Waals surface area contributed by atoms with Crippen molar-refractivity contribution in [3.05, 3.63) is 33.9 Å². The first-order valence-corrected chi connectivity index (χ1v) is 5.69. The third-order valence-corrected chi connectivity index (χ3v) is 4.18. The molecule has 1 aromatic rings. The molecule has 1 aliphatic carbocycles. The van der Waals surface area contributed by atoms with Crippen LogP contribution < -0.4 is 0 Å². The zero-order chi connectivity index (χ0) is 10.5. The maximum atomic E-state index is 6.44. The third-order valence-electron chi connectivity index (χ3n) is 3.53. The number of alkyl halides is 1. The van der Waals surface area contributed by atoms with Crippen LogP contribution in [0.3, 0.4) is 0 Å². The van der Waals surface area contributed by atoms with Gasteiger partial charge in [0.15, 0.2) is 0 Å². The Balaban J connectivity index is 2.67. The number of hydrogen-bond donors (Lipinski definition) is 0. The van der Waals surface area contributed by atoms with Gasteiger partial charge in [0, 0.05) is 0 Å². The zero-order valence-corrected chi connectivity index (χ0v) is 10.1. The first kappa shape index (κ1) is 10.0. The molecule has 14 heavy (non-hydrogen) atoms. The van der Waals surface area contributed by atoms with Crippen LogP contribution in [0.25, 0.3) is 0 Å². The molecular weight excluding hydrogens is 192 g/mol. The van der Waals surface area contributed by atoms with Gasteiger partial charge in [-0.05, 0) is 60.9 Å². The molecule has 0 nitrogen and oxygen atoms in total. The van der Waals surface area contributed by atoms with E-state index in [1.807, 2.05) is 0 Å². The molecule has 0 aromatic heterocycles. The van der Waals surface area contributed by atoms with Crippen molar-refractivity contribution in [3.63, 3.8) is 0 Å². The highest BCUT2D eigenvalue weighted by Gasteiger charge is 2.30. The van der Waals surface area contributed by atoms with E-state index in [1.54, 1.807) is 0 Å². The molecular formula is C13H17Cl. The monoisotopic (exact) mass is 208 g/mol. The maximum absolute atomic E-state index is 6.44. The van der Waals surface area contributed by atoms with E-state index in [1.165, 1.54) is 27.8 Å². The summed E-state index contributed by atoms with van der Waals surface area (Å²) in [5, 5.41) is 0.226. The zero-order valence-electron chi connectivity index (χ0n) is 9.32. The minimum atomic E-state index is 0.226. The highest BCUT2D eigenvalue weighted by Crippen LogP contribution is 2.44. The minimum absolute atomic E-state index is 0.226. The number of aryl methyl sites for hydroxylation is 2. The summed E-state index contributed by atoms with van der Waals surface area (Å²) in [6.07, 6.45) is 1.15. The molecule has 76 valence electrons. The fraction of sp³-hybridized carbons (Fsp3) is 0.538. The van der Waals surface area contributed by atoms with Crippen molar-refractivity contribution in [1.29, 1.82) is 0 Å². The molecule has 0 amide bonds. The Labute approximate surface area is 91.3 Å². The SMILES string of the molecule is Cc1cc(C)c2c(c1C)C(Cl)C(C)C2.